The number of carboxylic acid groups (broad SMARTS) is 2. The molecule has 6 fully saturated rings. The van der Waals surface area contributed by atoms with Crippen molar-refractivity contribution in [2.45, 2.75) is 128 Å². The van der Waals surface area contributed by atoms with Crippen LogP contribution in [-0.2, 0) is 28.6 Å². The maximum absolute atomic E-state index is 12.7. The number of carbonyl (C=O) groups is 3. The second-order valence-corrected chi connectivity index (χ2v) is 15.8. The van der Waals surface area contributed by atoms with Gasteiger partial charge < -0.3 is 39.7 Å². The molecule has 0 amide bonds. The monoisotopic (exact) mass is 622 g/mol. The van der Waals surface area contributed by atoms with Crippen molar-refractivity contribution in [3.63, 3.8) is 0 Å². The molecule has 0 aromatic rings. The zero-order valence-electron chi connectivity index (χ0n) is 26.3. The summed E-state index contributed by atoms with van der Waals surface area (Å²) in [6, 6.07) is 0. The highest BCUT2D eigenvalue weighted by Gasteiger charge is 2.70. The largest absolute Gasteiger partial charge is 0.479 e. The van der Waals surface area contributed by atoms with Crippen LogP contribution in [0.15, 0.2) is 0 Å². The van der Waals surface area contributed by atoms with E-state index in [0.29, 0.717) is 54.8 Å². The van der Waals surface area contributed by atoms with Gasteiger partial charge in [0.05, 0.1) is 25.2 Å². The van der Waals surface area contributed by atoms with Gasteiger partial charge in [0, 0.05) is 12.3 Å². The van der Waals surface area contributed by atoms with Crippen molar-refractivity contribution in [2.24, 2.45) is 52.3 Å². The molecule has 11 nitrogen and oxygen atoms in total. The van der Waals surface area contributed by atoms with Crippen LogP contribution < -0.4 is 0 Å². The molecule has 2 aliphatic heterocycles. The Morgan fingerprint density at radius 1 is 0.955 bits per heavy atom. The van der Waals surface area contributed by atoms with Gasteiger partial charge in [0.2, 0.25) is 5.60 Å². The van der Waals surface area contributed by atoms with Crippen LogP contribution in [0.1, 0.15) is 91.9 Å². The minimum Gasteiger partial charge on any atom is -0.479 e. The summed E-state index contributed by atoms with van der Waals surface area (Å²) in [6.07, 6.45) is 2.70. The molecule has 2 heterocycles. The van der Waals surface area contributed by atoms with Crippen LogP contribution in [0.5, 0.6) is 0 Å². The smallest absolute Gasteiger partial charge is 0.339 e. The number of esters is 1. The van der Waals surface area contributed by atoms with Crippen molar-refractivity contribution in [3.8, 4) is 0 Å². The Hall–Kier alpha value is -1.79. The number of fused-ring (bicyclic) bond motifs is 7. The Labute approximate surface area is 258 Å². The third kappa shape index (κ3) is 4.74. The fraction of sp³-hybridized carbons (Fsp3) is 0.909. The first-order valence-corrected chi connectivity index (χ1v) is 16.6. The summed E-state index contributed by atoms with van der Waals surface area (Å²) in [5.74, 6) is -3.08. The molecule has 4 aliphatic carbocycles. The van der Waals surface area contributed by atoms with Crippen LogP contribution in [0.4, 0.5) is 0 Å². The third-order valence-electron chi connectivity index (χ3n) is 13.7. The van der Waals surface area contributed by atoms with E-state index in [1.54, 1.807) is 0 Å². The Balaban J connectivity index is 1.13. The number of hydrogen-bond donors (Lipinski definition) is 5. The minimum atomic E-state index is -3.21. The zero-order chi connectivity index (χ0) is 32.0. The van der Waals surface area contributed by atoms with Gasteiger partial charge in [-0.25, -0.2) is 9.59 Å². The van der Waals surface area contributed by atoms with E-state index in [-0.39, 0.29) is 22.9 Å². The lowest BCUT2D eigenvalue weighted by Gasteiger charge is -2.62. The Morgan fingerprint density at radius 2 is 1.66 bits per heavy atom. The Bertz CT molecular complexity index is 1170. The van der Waals surface area contributed by atoms with Crippen molar-refractivity contribution in [2.75, 3.05) is 6.61 Å². The highest BCUT2D eigenvalue weighted by Crippen LogP contribution is 2.71. The van der Waals surface area contributed by atoms with E-state index in [0.717, 1.165) is 45.1 Å². The lowest BCUT2D eigenvalue weighted by atomic mass is 9.43. The number of aliphatic hydroxyl groups is 3. The first-order chi connectivity index (χ1) is 20.6. The van der Waals surface area contributed by atoms with Gasteiger partial charge in [-0.05, 0) is 97.7 Å². The van der Waals surface area contributed by atoms with E-state index in [2.05, 4.69) is 27.7 Å². The molecule has 11 heteroatoms. The molecule has 2 unspecified atom stereocenters. The second-order valence-electron chi connectivity index (χ2n) is 15.8. The molecule has 4 saturated carbocycles. The molecule has 15 atom stereocenters. The number of hydrogen-bond acceptors (Lipinski definition) is 9. The van der Waals surface area contributed by atoms with E-state index >= 15 is 0 Å². The molecular weight excluding hydrogens is 572 g/mol. The zero-order valence-corrected chi connectivity index (χ0v) is 26.3. The molecule has 0 bridgehead atoms. The van der Waals surface area contributed by atoms with Crippen LogP contribution in [0.25, 0.3) is 0 Å². The summed E-state index contributed by atoms with van der Waals surface area (Å²) in [7, 11) is 0. The van der Waals surface area contributed by atoms with E-state index in [4.69, 9.17) is 19.3 Å². The standard InChI is InChI=1S/C33H50O11/c1-16-5-10-33(42-15-16)17(2)26-24(44-33)13-21-19-12-23(34)22-11-18(6-8-30(22,3)20(19)7-9-31(21,26)4)43-25(35)14-32(41,29(39)40)27(36)28(37)38/h16-24,26-27,34,36,41H,5-15H2,1-4H3,(H,37,38)(H,39,40)/t16-,17+,18+,19-,20+,21+,22-,23+,24+,26+,27?,30-,31+,32?,33-/m1/s1. The first-order valence-electron chi connectivity index (χ1n) is 16.6. The maximum Gasteiger partial charge on any atom is 0.339 e. The quantitative estimate of drug-likeness (QED) is 0.275. The summed E-state index contributed by atoms with van der Waals surface area (Å²) in [6.45, 7) is 10.0. The highest BCUT2D eigenvalue weighted by molar-refractivity contribution is 5.91. The topological polar surface area (TPSA) is 180 Å². The molecule has 0 aromatic heterocycles. The lowest BCUT2D eigenvalue weighted by molar-refractivity contribution is -0.273. The average Bonchev–Trinajstić information content (AvgIpc) is 3.40. The number of aliphatic carboxylic acids is 2. The third-order valence-corrected chi connectivity index (χ3v) is 13.7. The summed E-state index contributed by atoms with van der Waals surface area (Å²) in [4.78, 5) is 35.4. The average molecular weight is 623 g/mol. The summed E-state index contributed by atoms with van der Waals surface area (Å²) < 4.78 is 18.9. The molecular formula is C33H50O11. The fourth-order valence-electron chi connectivity index (χ4n) is 11.3. The van der Waals surface area contributed by atoms with Crippen LogP contribution in [-0.4, -0.2) is 85.9 Å². The predicted molar refractivity (Wildman–Crippen MR) is 154 cm³/mol. The van der Waals surface area contributed by atoms with Gasteiger partial charge >= 0.3 is 17.9 Å². The minimum absolute atomic E-state index is 0.111. The SMILES string of the molecule is C[C@@H]1CC[C@@]2(OC1)O[C@H]1C[C@H]3[C@@H]4C[C@H](O)[C@H]5C[C@@H](OC(=O)CC(O)(C(=O)O)C(O)C(=O)O)CC[C@]5(C)[C@H]4CC[C@]3(C)[C@H]1[C@@H]2C. The fourth-order valence-corrected chi connectivity index (χ4v) is 11.3. The van der Waals surface area contributed by atoms with E-state index in [9.17, 15) is 34.8 Å². The van der Waals surface area contributed by atoms with E-state index < -0.39 is 54.0 Å². The van der Waals surface area contributed by atoms with Crippen molar-refractivity contribution in [1.29, 1.82) is 0 Å². The van der Waals surface area contributed by atoms with Crippen molar-refractivity contribution in [3.05, 3.63) is 0 Å². The molecule has 0 radical (unpaired) electrons. The lowest BCUT2D eigenvalue weighted by Crippen LogP contribution is -2.59. The molecule has 5 N–H and O–H groups in total. The van der Waals surface area contributed by atoms with Gasteiger partial charge in [-0.2, -0.15) is 0 Å². The second kappa shape index (κ2) is 10.9. The number of carboxylic acids is 2. The molecule has 6 aliphatic rings. The van der Waals surface area contributed by atoms with Gasteiger partial charge in [0.15, 0.2) is 11.9 Å². The summed E-state index contributed by atoms with van der Waals surface area (Å²) >= 11 is 0. The summed E-state index contributed by atoms with van der Waals surface area (Å²) in [5, 5.41) is 50.0. The molecule has 6 rings (SSSR count). The van der Waals surface area contributed by atoms with E-state index in [1.807, 2.05) is 0 Å². The van der Waals surface area contributed by atoms with Crippen LogP contribution in [0.3, 0.4) is 0 Å². The predicted octanol–water partition coefficient (Wildman–Crippen LogP) is 2.97. The van der Waals surface area contributed by atoms with Crippen LogP contribution >= 0.6 is 0 Å². The van der Waals surface area contributed by atoms with Gasteiger partial charge in [-0.1, -0.05) is 27.7 Å². The van der Waals surface area contributed by atoms with Gasteiger partial charge in [0.25, 0.3) is 0 Å². The van der Waals surface area contributed by atoms with Crippen molar-refractivity contribution < 1.29 is 54.1 Å². The molecule has 248 valence electrons. The van der Waals surface area contributed by atoms with Gasteiger partial charge in [-0.15, -0.1) is 0 Å². The molecule has 2 saturated heterocycles. The van der Waals surface area contributed by atoms with Crippen molar-refractivity contribution in [1.82, 2.24) is 0 Å². The van der Waals surface area contributed by atoms with Gasteiger partial charge in [0.1, 0.15) is 6.10 Å². The normalized spacial score (nSPS) is 50.0. The Morgan fingerprint density at radius 3 is 2.30 bits per heavy atom. The Kier molecular flexibility index (Phi) is 7.96. The molecule has 44 heavy (non-hydrogen) atoms. The first kappa shape index (κ1) is 32.2. The van der Waals surface area contributed by atoms with Gasteiger partial charge in [-0.3, -0.25) is 4.79 Å². The number of carbonyl (C=O) groups excluding carboxylic acids is 1. The molecule has 0 aromatic carbocycles. The summed E-state index contributed by atoms with van der Waals surface area (Å²) in [5.41, 5.74) is -3.24. The number of ether oxygens (including phenoxy) is 3. The molecule has 1 spiro atoms. The van der Waals surface area contributed by atoms with Crippen molar-refractivity contribution >= 4 is 17.9 Å². The number of rotatable bonds is 6. The highest BCUT2D eigenvalue weighted by atomic mass is 16.7. The van der Waals surface area contributed by atoms with Crippen LogP contribution in [0.2, 0.25) is 0 Å². The maximum atomic E-state index is 12.7. The number of aliphatic hydroxyl groups excluding tert-OH is 2. The van der Waals surface area contributed by atoms with E-state index in [1.165, 1.54) is 0 Å². The van der Waals surface area contributed by atoms with Crippen LogP contribution in [0, 0.1) is 52.3 Å².